The van der Waals surface area contributed by atoms with E-state index in [-0.39, 0.29) is 23.7 Å². The number of aromatic nitrogens is 1. The zero-order valence-corrected chi connectivity index (χ0v) is 8.51. The predicted octanol–water partition coefficient (Wildman–Crippen LogP) is 0.509. The summed E-state index contributed by atoms with van der Waals surface area (Å²) in [6.45, 7) is 0.0194. The summed E-state index contributed by atoms with van der Waals surface area (Å²) in [4.78, 5) is 13.8. The fraction of sp³-hybridized carbons (Fsp3) is 0.444. The van der Waals surface area contributed by atoms with E-state index in [9.17, 15) is 10.1 Å². The van der Waals surface area contributed by atoms with Crippen LogP contribution in [0, 0.1) is 10.1 Å². The van der Waals surface area contributed by atoms with Crippen molar-refractivity contribution in [3.63, 3.8) is 0 Å². The van der Waals surface area contributed by atoms with Gasteiger partial charge in [0.25, 0.3) is 0 Å². The van der Waals surface area contributed by atoms with Crippen LogP contribution in [0.2, 0.25) is 0 Å². The van der Waals surface area contributed by atoms with Crippen LogP contribution < -0.4 is 11.1 Å². The molecular weight excluding hydrogens is 212 g/mol. The van der Waals surface area contributed by atoms with Crippen molar-refractivity contribution in [2.75, 3.05) is 17.7 Å². The van der Waals surface area contributed by atoms with E-state index in [1.165, 1.54) is 12.1 Å². The molecule has 7 nitrogen and oxygen atoms in total. The van der Waals surface area contributed by atoms with Gasteiger partial charge in [0.2, 0.25) is 5.82 Å². The van der Waals surface area contributed by atoms with Gasteiger partial charge < -0.3 is 16.2 Å². The lowest BCUT2D eigenvalue weighted by molar-refractivity contribution is -0.384. The highest BCUT2D eigenvalue weighted by Gasteiger charge is 2.42. The Morgan fingerprint density at radius 1 is 1.62 bits per heavy atom. The van der Waals surface area contributed by atoms with Crippen molar-refractivity contribution < 1.29 is 10.0 Å². The molecule has 0 unspecified atom stereocenters. The standard InChI is InChI=1S/C9H12N4O3/c10-8-6(13(15)16)1-2-7(11-8)12-9(5-14)3-4-9/h1-2,14H,3-5H2,(H3,10,11,12). The molecule has 1 saturated carbocycles. The van der Waals surface area contributed by atoms with Gasteiger partial charge in [-0.25, -0.2) is 4.98 Å². The summed E-state index contributed by atoms with van der Waals surface area (Å²) in [6, 6.07) is 2.79. The van der Waals surface area contributed by atoms with Gasteiger partial charge in [0.05, 0.1) is 17.1 Å². The van der Waals surface area contributed by atoms with E-state index in [0.29, 0.717) is 5.82 Å². The summed E-state index contributed by atoms with van der Waals surface area (Å²) < 4.78 is 0. The molecule has 1 aromatic heterocycles. The number of pyridine rings is 1. The Morgan fingerprint density at radius 2 is 2.31 bits per heavy atom. The molecule has 1 fully saturated rings. The van der Waals surface area contributed by atoms with Crippen molar-refractivity contribution in [3.8, 4) is 0 Å². The zero-order chi connectivity index (χ0) is 11.8. The Kier molecular flexibility index (Phi) is 2.39. The molecule has 1 aromatic rings. The summed E-state index contributed by atoms with van der Waals surface area (Å²) in [5.41, 5.74) is 4.93. The SMILES string of the molecule is Nc1nc(NC2(CO)CC2)ccc1[N+](=O)[O-]. The molecule has 0 spiro atoms. The second-order valence-electron chi connectivity index (χ2n) is 3.92. The molecule has 86 valence electrons. The molecule has 16 heavy (non-hydrogen) atoms. The molecule has 0 radical (unpaired) electrons. The number of hydrogen-bond donors (Lipinski definition) is 3. The minimum atomic E-state index is -0.578. The second kappa shape index (κ2) is 3.60. The molecule has 1 aliphatic carbocycles. The highest BCUT2D eigenvalue weighted by Crippen LogP contribution is 2.38. The van der Waals surface area contributed by atoms with Crippen molar-refractivity contribution in [3.05, 3.63) is 22.2 Å². The van der Waals surface area contributed by atoms with Crippen molar-refractivity contribution in [1.29, 1.82) is 0 Å². The molecule has 0 saturated heterocycles. The molecule has 2 rings (SSSR count). The maximum absolute atomic E-state index is 10.5. The molecule has 1 heterocycles. The highest BCUT2D eigenvalue weighted by atomic mass is 16.6. The number of aliphatic hydroxyl groups excluding tert-OH is 1. The van der Waals surface area contributed by atoms with Crippen LogP contribution in [0.3, 0.4) is 0 Å². The molecule has 0 atom stereocenters. The molecule has 0 amide bonds. The second-order valence-corrected chi connectivity index (χ2v) is 3.92. The van der Waals surface area contributed by atoms with Crippen molar-refractivity contribution >= 4 is 17.3 Å². The van der Waals surface area contributed by atoms with Crippen LogP contribution in [-0.4, -0.2) is 27.2 Å². The van der Waals surface area contributed by atoms with Crippen molar-refractivity contribution in [2.45, 2.75) is 18.4 Å². The number of nitro groups is 1. The number of anilines is 2. The third kappa shape index (κ3) is 1.89. The van der Waals surface area contributed by atoms with Gasteiger partial charge in [0.15, 0.2) is 0 Å². The third-order valence-corrected chi connectivity index (χ3v) is 2.65. The van der Waals surface area contributed by atoms with E-state index in [2.05, 4.69) is 10.3 Å². The highest BCUT2D eigenvalue weighted by molar-refractivity contribution is 5.58. The first kappa shape index (κ1) is 10.6. The summed E-state index contributed by atoms with van der Waals surface area (Å²) in [6.07, 6.45) is 1.73. The van der Waals surface area contributed by atoms with Crippen LogP contribution in [0.25, 0.3) is 0 Å². The maximum atomic E-state index is 10.5. The third-order valence-electron chi connectivity index (χ3n) is 2.65. The van der Waals surface area contributed by atoms with E-state index < -0.39 is 4.92 Å². The van der Waals surface area contributed by atoms with E-state index >= 15 is 0 Å². The molecule has 0 aliphatic heterocycles. The Labute approximate surface area is 91.4 Å². The fourth-order valence-electron chi connectivity index (χ4n) is 1.44. The molecule has 0 bridgehead atoms. The average molecular weight is 224 g/mol. The lowest BCUT2D eigenvalue weighted by Gasteiger charge is -2.14. The number of rotatable bonds is 4. The van der Waals surface area contributed by atoms with Gasteiger partial charge in [-0.15, -0.1) is 0 Å². The van der Waals surface area contributed by atoms with Crippen LogP contribution in [-0.2, 0) is 0 Å². The van der Waals surface area contributed by atoms with Gasteiger partial charge in [-0.2, -0.15) is 0 Å². The fourth-order valence-corrected chi connectivity index (χ4v) is 1.44. The van der Waals surface area contributed by atoms with Gasteiger partial charge >= 0.3 is 5.69 Å². The topological polar surface area (TPSA) is 114 Å². The maximum Gasteiger partial charge on any atom is 0.311 e. The number of nitrogens with zero attached hydrogens (tertiary/aromatic N) is 2. The lowest BCUT2D eigenvalue weighted by atomic mass is 10.3. The molecule has 0 aromatic carbocycles. The summed E-state index contributed by atoms with van der Waals surface area (Å²) in [5.74, 6) is 0.332. The first-order valence-corrected chi connectivity index (χ1v) is 4.86. The average Bonchev–Trinajstić information content (AvgIpc) is 2.98. The van der Waals surface area contributed by atoms with Crippen molar-refractivity contribution in [1.82, 2.24) is 4.98 Å². The van der Waals surface area contributed by atoms with Gasteiger partial charge in [0.1, 0.15) is 5.82 Å². The normalized spacial score (nSPS) is 16.8. The van der Waals surface area contributed by atoms with Gasteiger partial charge in [-0.1, -0.05) is 0 Å². The van der Waals surface area contributed by atoms with Crippen LogP contribution >= 0.6 is 0 Å². The molecule has 1 aliphatic rings. The number of nitrogen functional groups attached to an aromatic ring is 1. The summed E-state index contributed by atoms with van der Waals surface area (Å²) in [7, 11) is 0. The summed E-state index contributed by atoms with van der Waals surface area (Å²) >= 11 is 0. The number of aliphatic hydroxyl groups is 1. The molecule has 7 heteroatoms. The Balaban J connectivity index is 2.18. The number of hydrogen-bond acceptors (Lipinski definition) is 6. The Hall–Kier alpha value is -1.89. The molecular formula is C9H12N4O3. The van der Waals surface area contributed by atoms with Crippen LogP contribution in [0.1, 0.15) is 12.8 Å². The van der Waals surface area contributed by atoms with Crippen molar-refractivity contribution in [2.24, 2.45) is 0 Å². The quantitative estimate of drug-likeness (QED) is 0.507. The van der Waals surface area contributed by atoms with Crippen LogP contribution in [0.5, 0.6) is 0 Å². The van der Waals surface area contributed by atoms with Gasteiger partial charge in [-0.05, 0) is 18.9 Å². The largest absolute Gasteiger partial charge is 0.394 e. The van der Waals surface area contributed by atoms with E-state index in [1.807, 2.05) is 0 Å². The van der Waals surface area contributed by atoms with Crippen LogP contribution in [0.15, 0.2) is 12.1 Å². The molecule has 4 N–H and O–H groups in total. The van der Waals surface area contributed by atoms with E-state index in [4.69, 9.17) is 10.8 Å². The van der Waals surface area contributed by atoms with E-state index in [1.54, 1.807) is 0 Å². The first-order chi connectivity index (χ1) is 7.56. The zero-order valence-electron chi connectivity index (χ0n) is 8.51. The Morgan fingerprint density at radius 3 is 2.75 bits per heavy atom. The lowest BCUT2D eigenvalue weighted by Crippen LogP contribution is -2.26. The smallest absolute Gasteiger partial charge is 0.311 e. The van der Waals surface area contributed by atoms with Gasteiger partial charge in [0, 0.05) is 6.07 Å². The monoisotopic (exact) mass is 224 g/mol. The predicted molar refractivity (Wildman–Crippen MR) is 58.0 cm³/mol. The number of nitrogens with two attached hydrogens (primary N) is 1. The van der Waals surface area contributed by atoms with E-state index in [0.717, 1.165) is 12.8 Å². The minimum absolute atomic E-state index is 0.0194. The Bertz CT molecular complexity index is 431. The van der Waals surface area contributed by atoms with Gasteiger partial charge in [-0.3, -0.25) is 10.1 Å². The first-order valence-electron chi connectivity index (χ1n) is 4.86. The number of nitrogens with one attached hydrogen (secondary N) is 1. The summed E-state index contributed by atoms with van der Waals surface area (Å²) in [5, 5.41) is 22.6. The van der Waals surface area contributed by atoms with Crippen LogP contribution in [0.4, 0.5) is 17.3 Å². The minimum Gasteiger partial charge on any atom is -0.394 e.